The van der Waals surface area contributed by atoms with E-state index in [2.05, 4.69) is 9.80 Å². The van der Waals surface area contributed by atoms with Gasteiger partial charge in [-0.2, -0.15) is 0 Å². The smallest absolute Gasteiger partial charge is 0.226 e. The van der Waals surface area contributed by atoms with Crippen molar-refractivity contribution in [2.45, 2.75) is 37.6 Å². The van der Waals surface area contributed by atoms with Crippen LogP contribution in [0.5, 0.6) is 0 Å². The molecule has 0 aromatic carbocycles. The first-order valence-electron chi connectivity index (χ1n) is 9.36. The molecule has 0 bridgehead atoms. The zero-order valence-corrected chi connectivity index (χ0v) is 14.3. The molecule has 4 aliphatic rings. The van der Waals surface area contributed by atoms with E-state index >= 15 is 0 Å². The molecule has 23 heavy (non-hydrogen) atoms. The second-order valence-corrected chi connectivity index (χ2v) is 7.88. The maximum absolute atomic E-state index is 12.8. The van der Waals surface area contributed by atoms with Crippen LogP contribution in [0.25, 0.3) is 0 Å². The van der Waals surface area contributed by atoms with Gasteiger partial charge >= 0.3 is 0 Å². The minimum atomic E-state index is 0.283. The van der Waals surface area contributed by atoms with Gasteiger partial charge in [0.2, 0.25) is 5.91 Å². The molecule has 4 fully saturated rings. The molecule has 1 saturated carbocycles. The fourth-order valence-electron chi connectivity index (χ4n) is 5.33. The van der Waals surface area contributed by atoms with Crippen molar-refractivity contribution < 1.29 is 14.3 Å². The number of fused-ring (bicyclic) bond motifs is 1. The summed E-state index contributed by atoms with van der Waals surface area (Å²) in [6.45, 7) is 6.56. The maximum Gasteiger partial charge on any atom is 0.226 e. The van der Waals surface area contributed by atoms with Gasteiger partial charge in [0.1, 0.15) is 0 Å². The van der Waals surface area contributed by atoms with Gasteiger partial charge in [0.15, 0.2) is 0 Å². The van der Waals surface area contributed by atoms with Crippen LogP contribution in [0.15, 0.2) is 0 Å². The number of ether oxygens (including phenoxy) is 2. The summed E-state index contributed by atoms with van der Waals surface area (Å²) < 4.78 is 10.7. The summed E-state index contributed by atoms with van der Waals surface area (Å²) in [6.07, 6.45) is 6.11. The van der Waals surface area contributed by atoms with Crippen molar-refractivity contribution in [2.75, 3.05) is 53.1 Å². The van der Waals surface area contributed by atoms with E-state index < -0.39 is 0 Å². The topological polar surface area (TPSA) is 42.0 Å². The minimum Gasteiger partial charge on any atom is -0.383 e. The summed E-state index contributed by atoms with van der Waals surface area (Å²) in [7, 11) is 1.78. The zero-order chi connectivity index (χ0) is 15.9. The van der Waals surface area contributed by atoms with E-state index in [4.69, 9.17) is 9.47 Å². The molecule has 4 atom stereocenters. The summed E-state index contributed by atoms with van der Waals surface area (Å²) in [4.78, 5) is 17.6. The van der Waals surface area contributed by atoms with Gasteiger partial charge in [0, 0.05) is 38.2 Å². The van der Waals surface area contributed by atoms with Crippen LogP contribution in [0.1, 0.15) is 32.1 Å². The molecule has 3 aliphatic heterocycles. The highest BCUT2D eigenvalue weighted by Gasteiger charge is 2.59. The van der Waals surface area contributed by atoms with E-state index in [1.165, 1.54) is 25.8 Å². The first-order valence-corrected chi connectivity index (χ1v) is 9.36. The second kappa shape index (κ2) is 6.34. The van der Waals surface area contributed by atoms with Crippen molar-refractivity contribution in [1.29, 1.82) is 0 Å². The minimum absolute atomic E-state index is 0.283. The number of hydrogen-bond donors (Lipinski definition) is 0. The number of methoxy groups -OCH3 is 1. The van der Waals surface area contributed by atoms with Gasteiger partial charge in [0.25, 0.3) is 0 Å². The third-order valence-electron chi connectivity index (χ3n) is 6.77. The lowest BCUT2D eigenvalue weighted by Crippen LogP contribution is -2.46. The Morgan fingerprint density at radius 1 is 1.13 bits per heavy atom. The molecule has 5 heteroatoms. The molecule has 3 heterocycles. The maximum atomic E-state index is 12.8. The van der Waals surface area contributed by atoms with E-state index in [1.807, 2.05) is 0 Å². The molecule has 1 spiro atoms. The molecule has 0 aromatic heterocycles. The third-order valence-corrected chi connectivity index (χ3v) is 6.77. The molecule has 3 saturated heterocycles. The van der Waals surface area contributed by atoms with Gasteiger partial charge in [-0.25, -0.2) is 0 Å². The van der Waals surface area contributed by atoms with Crippen molar-refractivity contribution in [3.63, 3.8) is 0 Å². The highest BCUT2D eigenvalue weighted by atomic mass is 16.5. The van der Waals surface area contributed by atoms with E-state index in [-0.39, 0.29) is 5.92 Å². The average Bonchev–Trinajstić information content (AvgIpc) is 2.88. The van der Waals surface area contributed by atoms with Crippen LogP contribution >= 0.6 is 0 Å². The summed E-state index contributed by atoms with van der Waals surface area (Å²) in [5.74, 6) is 1.77. The van der Waals surface area contributed by atoms with Gasteiger partial charge in [-0.3, -0.25) is 9.69 Å². The number of carbonyl (C=O) groups is 1. The van der Waals surface area contributed by atoms with Crippen LogP contribution in [0.4, 0.5) is 0 Å². The van der Waals surface area contributed by atoms with E-state index in [1.54, 1.807) is 7.11 Å². The first kappa shape index (κ1) is 15.9. The standard InChI is InChI=1S/C18H30N2O3/c1-22-11-10-20-8-3-5-18(20)4-2-7-19(9-6-18)17(21)16-14-12-23-13-15(14)16/h14-16H,2-13H2,1H3/t14-,15+,16?,18?. The normalized spacial score (nSPS) is 40.4. The molecule has 2 unspecified atom stereocenters. The third kappa shape index (κ3) is 2.81. The highest BCUT2D eigenvalue weighted by Crippen LogP contribution is 2.52. The van der Waals surface area contributed by atoms with E-state index in [0.29, 0.717) is 23.3 Å². The number of rotatable bonds is 4. The summed E-state index contributed by atoms with van der Waals surface area (Å²) in [5.41, 5.74) is 0.329. The largest absolute Gasteiger partial charge is 0.383 e. The Labute approximate surface area is 139 Å². The predicted molar refractivity (Wildman–Crippen MR) is 87.1 cm³/mol. The molecule has 0 aromatic rings. The zero-order valence-electron chi connectivity index (χ0n) is 14.3. The molecule has 1 aliphatic carbocycles. The Kier molecular flexibility index (Phi) is 4.37. The van der Waals surface area contributed by atoms with Gasteiger partial charge < -0.3 is 14.4 Å². The Bertz CT molecular complexity index is 448. The van der Waals surface area contributed by atoms with Crippen LogP contribution in [-0.4, -0.2) is 74.4 Å². The van der Waals surface area contributed by atoms with Crippen LogP contribution < -0.4 is 0 Å². The summed E-state index contributed by atoms with van der Waals surface area (Å²) in [5, 5.41) is 0. The summed E-state index contributed by atoms with van der Waals surface area (Å²) in [6, 6.07) is 0. The SMILES string of the molecule is COCCN1CCCC12CCCN(C(=O)C1[C@H]3COC[C@@H]13)CC2. The molecule has 0 N–H and O–H groups in total. The van der Waals surface area contributed by atoms with Gasteiger partial charge in [0.05, 0.1) is 19.8 Å². The molecule has 5 nitrogen and oxygen atoms in total. The van der Waals surface area contributed by atoms with Crippen LogP contribution in [0.2, 0.25) is 0 Å². The quantitative estimate of drug-likeness (QED) is 0.784. The highest BCUT2D eigenvalue weighted by molar-refractivity contribution is 5.82. The lowest BCUT2D eigenvalue weighted by atomic mass is 9.88. The van der Waals surface area contributed by atoms with E-state index in [9.17, 15) is 4.79 Å². The van der Waals surface area contributed by atoms with Crippen LogP contribution in [-0.2, 0) is 14.3 Å². The van der Waals surface area contributed by atoms with Gasteiger partial charge in [-0.15, -0.1) is 0 Å². The molecule has 0 radical (unpaired) electrons. The molecular formula is C18H30N2O3. The van der Waals surface area contributed by atoms with Crippen molar-refractivity contribution in [3.05, 3.63) is 0 Å². The van der Waals surface area contributed by atoms with Crippen molar-refractivity contribution in [3.8, 4) is 0 Å². The average molecular weight is 322 g/mol. The Balaban J connectivity index is 1.37. The number of amides is 1. The number of hydrogen-bond acceptors (Lipinski definition) is 4. The van der Waals surface area contributed by atoms with Crippen molar-refractivity contribution >= 4 is 5.91 Å². The van der Waals surface area contributed by atoms with Crippen molar-refractivity contribution in [2.24, 2.45) is 17.8 Å². The fourth-order valence-corrected chi connectivity index (χ4v) is 5.33. The summed E-state index contributed by atoms with van der Waals surface area (Å²) >= 11 is 0. The Hall–Kier alpha value is -0.650. The lowest BCUT2D eigenvalue weighted by Gasteiger charge is -2.38. The fraction of sp³-hybridized carbons (Fsp3) is 0.944. The molecule has 1 amide bonds. The molecular weight excluding hydrogens is 292 g/mol. The van der Waals surface area contributed by atoms with E-state index in [0.717, 1.165) is 52.3 Å². The van der Waals surface area contributed by atoms with Crippen molar-refractivity contribution in [1.82, 2.24) is 9.80 Å². The lowest BCUT2D eigenvalue weighted by molar-refractivity contribution is -0.134. The second-order valence-electron chi connectivity index (χ2n) is 7.88. The van der Waals surface area contributed by atoms with Gasteiger partial charge in [-0.1, -0.05) is 0 Å². The number of nitrogens with zero attached hydrogens (tertiary/aromatic N) is 2. The number of carbonyl (C=O) groups excluding carboxylic acids is 1. The molecule has 130 valence electrons. The Morgan fingerprint density at radius 3 is 2.61 bits per heavy atom. The Morgan fingerprint density at radius 2 is 1.87 bits per heavy atom. The number of likely N-dealkylation sites (tertiary alicyclic amines) is 2. The first-order chi connectivity index (χ1) is 11.2. The molecule has 4 rings (SSSR count). The predicted octanol–water partition coefficient (Wildman–Crippen LogP) is 1.37. The monoisotopic (exact) mass is 322 g/mol. The van der Waals surface area contributed by atoms with Crippen LogP contribution in [0, 0.1) is 17.8 Å². The van der Waals surface area contributed by atoms with Gasteiger partial charge in [-0.05, 0) is 50.5 Å². The van der Waals surface area contributed by atoms with Crippen LogP contribution in [0.3, 0.4) is 0 Å².